The number of nitrogens with one attached hydrogen (secondary N) is 1. The molecular formula is C17H18ClNO2. The van der Waals surface area contributed by atoms with Crippen LogP contribution >= 0.6 is 11.6 Å². The molecule has 0 saturated heterocycles. The average Bonchev–Trinajstić information content (AvgIpc) is 2.51. The summed E-state index contributed by atoms with van der Waals surface area (Å²) in [7, 11) is 1.66. The van der Waals surface area contributed by atoms with Gasteiger partial charge in [-0.25, -0.2) is 0 Å². The third-order valence-corrected chi connectivity index (χ3v) is 4.18. The minimum absolute atomic E-state index is 0.212. The predicted octanol–water partition coefficient (Wildman–Crippen LogP) is 4.59. The van der Waals surface area contributed by atoms with Crippen molar-refractivity contribution in [3.05, 3.63) is 52.5 Å². The zero-order valence-corrected chi connectivity index (χ0v) is 12.9. The maximum atomic E-state index is 6.16. The Morgan fingerprint density at radius 1 is 1.29 bits per heavy atom. The summed E-state index contributed by atoms with van der Waals surface area (Å²) >= 11 is 6.16. The van der Waals surface area contributed by atoms with E-state index in [1.807, 2.05) is 37.3 Å². The monoisotopic (exact) mass is 303 g/mol. The molecule has 21 heavy (non-hydrogen) atoms. The van der Waals surface area contributed by atoms with Gasteiger partial charge in [0.15, 0.2) is 0 Å². The summed E-state index contributed by atoms with van der Waals surface area (Å²) in [5.41, 5.74) is 3.17. The van der Waals surface area contributed by atoms with E-state index in [1.54, 1.807) is 7.11 Å². The minimum atomic E-state index is 0.212. The Bertz CT molecular complexity index is 657. The number of fused-ring (bicyclic) bond motifs is 1. The fourth-order valence-corrected chi connectivity index (χ4v) is 2.78. The lowest BCUT2D eigenvalue weighted by molar-refractivity contribution is 0.274. The standard InChI is InChI=1S/C17H18ClNO2/c1-11-9-15(17(20-2)10-13(11)18)19-14-7-8-21-16-6-4-3-5-12(14)16/h3-6,9-10,14,19H,7-8H2,1-2H3. The fourth-order valence-electron chi connectivity index (χ4n) is 2.62. The highest BCUT2D eigenvalue weighted by atomic mass is 35.5. The Kier molecular flexibility index (Phi) is 3.93. The van der Waals surface area contributed by atoms with Crippen LogP contribution in [0.15, 0.2) is 36.4 Å². The van der Waals surface area contributed by atoms with E-state index in [-0.39, 0.29) is 6.04 Å². The van der Waals surface area contributed by atoms with Gasteiger partial charge in [-0.2, -0.15) is 0 Å². The van der Waals surface area contributed by atoms with Gasteiger partial charge >= 0.3 is 0 Å². The van der Waals surface area contributed by atoms with Crippen LogP contribution in [0.2, 0.25) is 5.02 Å². The number of ether oxygens (including phenoxy) is 2. The lowest BCUT2D eigenvalue weighted by atomic mass is 10.00. The number of rotatable bonds is 3. The maximum absolute atomic E-state index is 6.16. The molecular weight excluding hydrogens is 286 g/mol. The largest absolute Gasteiger partial charge is 0.495 e. The number of benzene rings is 2. The van der Waals surface area contributed by atoms with Gasteiger partial charge in [-0.05, 0) is 24.6 Å². The molecule has 1 heterocycles. The summed E-state index contributed by atoms with van der Waals surface area (Å²) in [5.74, 6) is 1.71. The lowest BCUT2D eigenvalue weighted by Crippen LogP contribution is -2.20. The number of aryl methyl sites for hydroxylation is 1. The van der Waals surface area contributed by atoms with E-state index in [0.717, 1.165) is 29.2 Å². The van der Waals surface area contributed by atoms with E-state index in [2.05, 4.69) is 11.4 Å². The molecule has 110 valence electrons. The summed E-state index contributed by atoms with van der Waals surface area (Å²) in [5, 5.41) is 4.27. The maximum Gasteiger partial charge on any atom is 0.143 e. The van der Waals surface area contributed by atoms with Gasteiger partial charge in [0, 0.05) is 23.1 Å². The third kappa shape index (κ3) is 2.79. The van der Waals surface area contributed by atoms with Crippen molar-refractivity contribution in [3.8, 4) is 11.5 Å². The number of hydrogen-bond donors (Lipinski definition) is 1. The Morgan fingerprint density at radius 3 is 2.90 bits per heavy atom. The summed E-state index contributed by atoms with van der Waals surface area (Å²) in [6, 6.07) is 12.2. The number of hydrogen-bond acceptors (Lipinski definition) is 3. The molecule has 4 heteroatoms. The van der Waals surface area contributed by atoms with Crippen molar-refractivity contribution in [2.45, 2.75) is 19.4 Å². The third-order valence-electron chi connectivity index (χ3n) is 3.77. The molecule has 2 aromatic carbocycles. The highest BCUT2D eigenvalue weighted by Gasteiger charge is 2.22. The quantitative estimate of drug-likeness (QED) is 0.899. The molecule has 0 bridgehead atoms. The topological polar surface area (TPSA) is 30.5 Å². The van der Waals surface area contributed by atoms with Gasteiger partial charge in [0.05, 0.1) is 25.4 Å². The van der Waals surface area contributed by atoms with Crippen LogP contribution < -0.4 is 14.8 Å². The van der Waals surface area contributed by atoms with Crippen molar-refractivity contribution in [2.24, 2.45) is 0 Å². The van der Waals surface area contributed by atoms with Gasteiger partial charge in [-0.3, -0.25) is 0 Å². The highest BCUT2D eigenvalue weighted by Crippen LogP contribution is 2.38. The van der Waals surface area contributed by atoms with E-state index >= 15 is 0 Å². The van der Waals surface area contributed by atoms with Gasteiger partial charge in [0.25, 0.3) is 0 Å². The summed E-state index contributed by atoms with van der Waals surface area (Å²) in [4.78, 5) is 0. The molecule has 1 aliphatic heterocycles. The molecule has 0 aromatic heterocycles. The van der Waals surface area contributed by atoms with Crippen LogP contribution in [0.4, 0.5) is 5.69 Å². The van der Waals surface area contributed by atoms with Crippen molar-refractivity contribution in [1.82, 2.24) is 0 Å². The Hall–Kier alpha value is -1.87. The average molecular weight is 304 g/mol. The van der Waals surface area contributed by atoms with Gasteiger partial charge in [0.1, 0.15) is 11.5 Å². The SMILES string of the molecule is COc1cc(Cl)c(C)cc1NC1CCOc2ccccc21. The zero-order chi connectivity index (χ0) is 14.8. The lowest BCUT2D eigenvalue weighted by Gasteiger charge is -2.28. The van der Waals surface area contributed by atoms with Crippen LogP contribution in [0.5, 0.6) is 11.5 Å². The van der Waals surface area contributed by atoms with Crippen LogP contribution in [0.1, 0.15) is 23.6 Å². The number of methoxy groups -OCH3 is 1. The molecule has 0 amide bonds. The second-order valence-electron chi connectivity index (χ2n) is 5.17. The molecule has 0 saturated carbocycles. The fraction of sp³-hybridized carbons (Fsp3) is 0.294. The van der Waals surface area contributed by atoms with Crippen LogP contribution in [0.25, 0.3) is 0 Å². The smallest absolute Gasteiger partial charge is 0.143 e. The first kappa shape index (κ1) is 14.1. The molecule has 0 spiro atoms. The van der Waals surface area contributed by atoms with Crippen molar-refractivity contribution in [2.75, 3.05) is 19.0 Å². The second kappa shape index (κ2) is 5.86. The van der Waals surface area contributed by atoms with Crippen molar-refractivity contribution >= 4 is 17.3 Å². The zero-order valence-electron chi connectivity index (χ0n) is 12.2. The van der Waals surface area contributed by atoms with Crippen LogP contribution in [-0.4, -0.2) is 13.7 Å². The summed E-state index contributed by atoms with van der Waals surface area (Å²) in [6.07, 6.45) is 0.918. The van der Waals surface area contributed by atoms with Gasteiger partial charge < -0.3 is 14.8 Å². The van der Waals surface area contributed by atoms with Gasteiger partial charge in [-0.15, -0.1) is 0 Å². The Morgan fingerprint density at radius 2 is 2.10 bits per heavy atom. The minimum Gasteiger partial charge on any atom is -0.495 e. The molecule has 1 unspecified atom stereocenters. The van der Waals surface area contributed by atoms with Crippen LogP contribution in [0.3, 0.4) is 0 Å². The summed E-state index contributed by atoms with van der Waals surface area (Å²) < 4.78 is 11.1. The van der Waals surface area contributed by atoms with Gasteiger partial charge in [-0.1, -0.05) is 29.8 Å². The van der Waals surface area contributed by atoms with E-state index < -0.39 is 0 Å². The normalized spacial score (nSPS) is 16.8. The Labute approximate surface area is 129 Å². The first-order chi connectivity index (χ1) is 10.2. The van der Waals surface area contributed by atoms with Crippen molar-refractivity contribution in [3.63, 3.8) is 0 Å². The molecule has 0 radical (unpaired) electrons. The van der Waals surface area contributed by atoms with Crippen LogP contribution in [-0.2, 0) is 0 Å². The van der Waals surface area contributed by atoms with Crippen molar-refractivity contribution < 1.29 is 9.47 Å². The van der Waals surface area contributed by atoms with Crippen molar-refractivity contribution in [1.29, 1.82) is 0 Å². The molecule has 0 aliphatic carbocycles. The molecule has 3 nitrogen and oxygen atoms in total. The first-order valence-corrected chi connectivity index (χ1v) is 7.39. The second-order valence-corrected chi connectivity index (χ2v) is 5.58. The van der Waals surface area contributed by atoms with E-state index in [1.165, 1.54) is 5.56 Å². The molecule has 3 rings (SSSR count). The number of halogens is 1. The van der Waals surface area contributed by atoms with E-state index in [4.69, 9.17) is 21.1 Å². The first-order valence-electron chi connectivity index (χ1n) is 7.01. The number of para-hydroxylation sites is 1. The predicted molar refractivity (Wildman–Crippen MR) is 85.7 cm³/mol. The Balaban J connectivity index is 1.93. The summed E-state index contributed by atoms with van der Waals surface area (Å²) in [6.45, 7) is 2.70. The van der Waals surface area contributed by atoms with Gasteiger partial charge in [0.2, 0.25) is 0 Å². The van der Waals surface area contributed by atoms with E-state index in [0.29, 0.717) is 11.6 Å². The highest BCUT2D eigenvalue weighted by molar-refractivity contribution is 6.31. The molecule has 0 fully saturated rings. The molecule has 1 N–H and O–H groups in total. The molecule has 1 atom stereocenters. The number of anilines is 1. The van der Waals surface area contributed by atoms with Crippen LogP contribution in [0, 0.1) is 6.92 Å². The van der Waals surface area contributed by atoms with E-state index in [9.17, 15) is 0 Å². The molecule has 1 aliphatic rings. The molecule has 2 aromatic rings.